The van der Waals surface area contributed by atoms with Crippen LogP contribution in [0.5, 0.6) is 0 Å². The molecule has 0 aliphatic carbocycles. The largest absolute Gasteiger partial charge is 0.372 e. The molecule has 5 aromatic rings. The lowest BCUT2D eigenvalue weighted by Crippen LogP contribution is -2.07. The van der Waals surface area contributed by atoms with Gasteiger partial charge >= 0.3 is 0 Å². The van der Waals surface area contributed by atoms with E-state index < -0.39 is 0 Å². The van der Waals surface area contributed by atoms with Crippen LogP contribution in [0.2, 0.25) is 0 Å². The first-order chi connectivity index (χ1) is 17.5. The summed E-state index contributed by atoms with van der Waals surface area (Å²) in [7, 11) is 0. The standard InChI is InChI=1S/C32H27F2NO/c1-21(2)32-30(20-36-19-25-8-5-7-22-6-3-4-9-28(22)25)29(23-10-14-26(33)15-11-23)18-31(35-32)24-12-16-27(34)17-13-24/h3-18,21H,19-20H2,1-2H3. The molecule has 0 radical (unpaired) electrons. The van der Waals surface area contributed by atoms with Gasteiger partial charge in [-0.15, -0.1) is 0 Å². The highest BCUT2D eigenvalue weighted by molar-refractivity contribution is 5.85. The van der Waals surface area contributed by atoms with Gasteiger partial charge in [0.1, 0.15) is 11.6 Å². The van der Waals surface area contributed by atoms with Gasteiger partial charge < -0.3 is 4.74 Å². The summed E-state index contributed by atoms with van der Waals surface area (Å²) in [4.78, 5) is 4.97. The number of aromatic nitrogens is 1. The highest BCUT2D eigenvalue weighted by Crippen LogP contribution is 2.34. The number of fused-ring (bicyclic) bond motifs is 1. The third kappa shape index (κ3) is 5.05. The Morgan fingerprint density at radius 1 is 0.722 bits per heavy atom. The first-order valence-electron chi connectivity index (χ1n) is 12.1. The van der Waals surface area contributed by atoms with Crippen LogP contribution >= 0.6 is 0 Å². The van der Waals surface area contributed by atoms with Crippen molar-refractivity contribution in [2.45, 2.75) is 33.0 Å². The molecule has 5 rings (SSSR count). The van der Waals surface area contributed by atoms with Gasteiger partial charge in [-0.05, 0) is 75.8 Å². The summed E-state index contributed by atoms with van der Waals surface area (Å²) in [6.07, 6.45) is 0. The predicted octanol–water partition coefficient (Wildman–Crippen LogP) is 8.69. The van der Waals surface area contributed by atoms with Crippen molar-refractivity contribution < 1.29 is 13.5 Å². The SMILES string of the molecule is CC(C)c1nc(-c2ccc(F)cc2)cc(-c2ccc(F)cc2)c1COCc1cccc2ccccc12. The van der Waals surface area contributed by atoms with Crippen LogP contribution in [0.3, 0.4) is 0 Å². The fourth-order valence-electron chi connectivity index (χ4n) is 4.56. The molecule has 0 saturated heterocycles. The molecule has 180 valence electrons. The molecule has 36 heavy (non-hydrogen) atoms. The summed E-state index contributed by atoms with van der Waals surface area (Å²) in [6, 6.07) is 29.3. The molecule has 0 unspecified atom stereocenters. The Morgan fingerprint density at radius 2 is 1.36 bits per heavy atom. The van der Waals surface area contributed by atoms with Gasteiger partial charge in [0.15, 0.2) is 0 Å². The lowest BCUT2D eigenvalue weighted by molar-refractivity contribution is 0.107. The van der Waals surface area contributed by atoms with E-state index in [9.17, 15) is 8.78 Å². The Hall–Kier alpha value is -3.89. The van der Waals surface area contributed by atoms with Crippen LogP contribution < -0.4 is 0 Å². The fourth-order valence-corrected chi connectivity index (χ4v) is 4.56. The van der Waals surface area contributed by atoms with Crippen molar-refractivity contribution >= 4 is 10.8 Å². The van der Waals surface area contributed by atoms with Gasteiger partial charge in [-0.1, -0.05) is 68.4 Å². The molecule has 0 N–H and O–H groups in total. The van der Waals surface area contributed by atoms with Crippen molar-refractivity contribution in [3.8, 4) is 22.4 Å². The maximum atomic E-state index is 13.7. The fraction of sp³-hybridized carbons (Fsp3) is 0.156. The maximum absolute atomic E-state index is 13.7. The Balaban J connectivity index is 1.55. The minimum Gasteiger partial charge on any atom is -0.372 e. The topological polar surface area (TPSA) is 22.1 Å². The highest BCUT2D eigenvalue weighted by Gasteiger charge is 2.18. The van der Waals surface area contributed by atoms with Crippen LogP contribution in [0.4, 0.5) is 8.78 Å². The van der Waals surface area contributed by atoms with E-state index in [1.54, 1.807) is 24.3 Å². The molecular formula is C32H27F2NO. The van der Waals surface area contributed by atoms with Gasteiger partial charge in [-0.3, -0.25) is 4.98 Å². The van der Waals surface area contributed by atoms with Gasteiger partial charge in [-0.2, -0.15) is 0 Å². The van der Waals surface area contributed by atoms with E-state index >= 15 is 0 Å². The molecule has 0 saturated carbocycles. The first-order valence-corrected chi connectivity index (χ1v) is 12.1. The third-order valence-electron chi connectivity index (χ3n) is 6.38. The van der Waals surface area contributed by atoms with Gasteiger partial charge in [0.25, 0.3) is 0 Å². The number of nitrogens with zero attached hydrogens (tertiary/aromatic N) is 1. The molecule has 0 amide bonds. The molecule has 0 fully saturated rings. The normalized spacial score (nSPS) is 11.4. The van der Waals surface area contributed by atoms with Crippen LogP contribution in [0, 0.1) is 11.6 Å². The van der Waals surface area contributed by atoms with Crippen molar-refractivity contribution in [1.29, 1.82) is 0 Å². The van der Waals surface area contributed by atoms with Gasteiger partial charge in [-0.25, -0.2) is 8.78 Å². The third-order valence-corrected chi connectivity index (χ3v) is 6.38. The molecular weight excluding hydrogens is 452 g/mol. The quantitative estimate of drug-likeness (QED) is 0.233. The monoisotopic (exact) mass is 479 g/mol. The van der Waals surface area contributed by atoms with Crippen molar-refractivity contribution in [3.05, 3.63) is 126 Å². The number of ether oxygens (including phenoxy) is 1. The number of rotatable bonds is 7. The van der Waals surface area contributed by atoms with Crippen LogP contribution in [-0.4, -0.2) is 4.98 Å². The van der Waals surface area contributed by atoms with Crippen LogP contribution in [-0.2, 0) is 18.0 Å². The second-order valence-corrected chi connectivity index (χ2v) is 9.22. The summed E-state index contributed by atoms with van der Waals surface area (Å²) >= 11 is 0. The Kier molecular flexibility index (Phi) is 6.88. The molecule has 0 aliphatic heterocycles. The van der Waals surface area contributed by atoms with Gasteiger partial charge in [0, 0.05) is 16.8 Å². The predicted molar refractivity (Wildman–Crippen MR) is 142 cm³/mol. The van der Waals surface area contributed by atoms with Crippen molar-refractivity contribution in [2.75, 3.05) is 0 Å². The number of halogens is 2. The number of pyridine rings is 1. The average molecular weight is 480 g/mol. The molecule has 0 atom stereocenters. The summed E-state index contributed by atoms with van der Waals surface area (Å²) in [6.45, 7) is 5.01. The molecule has 4 aromatic carbocycles. The number of hydrogen-bond donors (Lipinski definition) is 0. The molecule has 0 spiro atoms. The maximum Gasteiger partial charge on any atom is 0.123 e. The van der Waals surface area contributed by atoms with Gasteiger partial charge in [0.05, 0.1) is 18.9 Å². The Labute approximate surface area is 210 Å². The zero-order chi connectivity index (χ0) is 25.1. The van der Waals surface area contributed by atoms with E-state index in [0.29, 0.717) is 13.2 Å². The number of benzene rings is 4. The lowest BCUT2D eigenvalue weighted by Gasteiger charge is -2.19. The van der Waals surface area contributed by atoms with E-state index in [4.69, 9.17) is 9.72 Å². The minimum atomic E-state index is -0.292. The first kappa shape index (κ1) is 23.8. The number of hydrogen-bond acceptors (Lipinski definition) is 2. The van der Waals surface area contributed by atoms with Crippen molar-refractivity contribution in [1.82, 2.24) is 4.98 Å². The van der Waals surface area contributed by atoms with E-state index in [1.807, 2.05) is 24.3 Å². The van der Waals surface area contributed by atoms with Gasteiger partial charge in [0.2, 0.25) is 0 Å². The summed E-state index contributed by atoms with van der Waals surface area (Å²) in [5, 5.41) is 2.35. The van der Waals surface area contributed by atoms with Crippen LogP contribution in [0.1, 0.15) is 36.6 Å². The van der Waals surface area contributed by atoms with E-state index in [0.717, 1.165) is 39.2 Å². The molecule has 0 aliphatic rings. The average Bonchev–Trinajstić information content (AvgIpc) is 2.89. The molecule has 2 nitrogen and oxygen atoms in total. The Morgan fingerprint density at radius 3 is 2.06 bits per heavy atom. The smallest absolute Gasteiger partial charge is 0.123 e. The van der Waals surface area contributed by atoms with E-state index in [1.165, 1.54) is 35.0 Å². The van der Waals surface area contributed by atoms with Crippen LogP contribution in [0.15, 0.2) is 97.1 Å². The van der Waals surface area contributed by atoms with Crippen LogP contribution in [0.25, 0.3) is 33.2 Å². The zero-order valence-electron chi connectivity index (χ0n) is 20.3. The zero-order valence-corrected chi connectivity index (χ0v) is 20.3. The highest BCUT2D eigenvalue weighted by atomic mass is 19.1. The summed E-state index contributed by atoms with van der Waals surface area (Å²) < 4.78 is 33.6. The van der Waals surface area contributed by atoms with Crippen molar-refractivity contribution in [2.24, 2.45) is 0 Å². The van der Waals surface area contributed by atoms with Crippen molar-refractivity contribution in [3.63, 3.8) is 0 Å². The Bertz CT molecular complexity index is 1490. The second kappa shape index (κ2) is 10.4. The van der Waals surface area contributed by atoms with E-state index in [-0.39, 0.29) is 17.6 Å². The summed E-state index contributed by atoms with van der Waals surface area (Å²) in [5.74, 6) is -0.454. The summed E-state index contributed by atoms with van der Waals surface area (Å²) in [5.41, 5.74) is 6.40. The van der Waals surface area contributed by atoms with E-state index in [2.05, 4.69) is 38.1 Å². The minimum absolute atomic E-state index is 0.126. The molecule has 1 aromatic heterocycles. The lowest BCUT2D eigenvalue weighted by atomic mass is 9.93. The molecule has 1 heterocycles. The molecule has 4 heteroatoms. The molecule has 0 bridgehead atoms. The second-order valence-electron chi connectivity index (χ2n) is 9.22.